The third-order valence-electron chi connectivity index (χ3n) is 3.35. The molecule has 0 aliphatic carbocycles. The highest BCUT2D eigenvalue weighted by Gasteiger charge is 2.31. The van der Waals surface area contributed by atoms with E-state index < -0.39 is 11.7 Å². The van der Waals surface area contributed by atoms with E-state index in [-0.39, 0.29) is 6.54 Å². The average Bonchev–Trinajstić information content (AvgIpc) is 2.52. The lowest BCUT2D eigenvalue weighted by molar-refractivity contribution is -0.137. The molecule has 0 atom stereocenters. The summed E-state index contributed by atoms with van der Waals surface area (Å²) in [7, 11) is 2.96. The van der Waals surface area contributed by atoms with Crippen molar-refractivity contribution >= 4 is 0 Å². The van der Waals surface area contributed by atoms with Gasteiger partial charge >= 0.3 is 6.18 Å². The van der Waals surface area contributed by atoms with Gasteiger partial charge in [-0.2, -0.15) is 13.2 Å². The molecule has 0 aliphatic heterocycles. The molecule has 0 fully saturated rings. The average molecular weight is 311 g/mol. The van der Waals surface area contributed by atoms with Gasteiger partial charge < -0.3 is 15.2 Å². The Bertz CT molecular complexity index is 669. The van der Waals surface area contributed by atoms with E-state index in [0.29, 0.717) is 28.2 Å². The first-order chi connectivity index (χ1) is 10.4. The Morgan fingerprint density at radius 2 is 1.64 bits per heavy atom. The summed E-state index contributed by atoms with van der Waals surface area (Å²) in [6.07, 6.45) is -4.40. The molecular formula is C16H16F3NO2. The molecule has 0 spiro atoms. The maximum atomic E-state index is 12.9. The summed E-state index contributed by atoms with van der Waals surface area (Å²) in [4.78, 5) is 0. The minimum atomic E-state index is -4.40. The van der Waals surface area contributed by atoms with Crippen LogP contribution in [0.1, 0.15) is 11.1 Å². The lowest BCUT2D eigenvalue weighted by Crippen LogP contribution is -2.07. The smallest absolute Gasteiger partial charge is 0.416 e. The number of benzene rings is 2. The van der Waals surface area contributed by atoms with E-state index in [2.05, 4.69) is 0 Å². The molecule has 0 aliphatic rings. The number of ether oxygens (including phenoxy) is 2. The van der Waals surface area contributed by atoms with Crippen LogP contribution in [0.4, 0.5) is 13.2 Å². The van der Waals surface area contributed by atoms with Crippen molar-refractivity contribution in [2.75, 3.05) is 14.2 Å². The molecule has 0 amide bonds. The van der Waals surface area contributed by atoms with Crippen molar-refractivity contribution < 1.29 is 22.6 Å². The van der Waals surface area contributed by atoms with Crippen LogP contribution in [0.3, 0.4) is 0 Å². The SMILES string of the molecule is COc1ccc(-c2cc(C(F)(F)F)ccc2CN)cc1OC. The molecule has 0 saturated heterocycles. The summed E-state index contributed by atoms with van der Waals surface area (Å²) in [6.45, 7) is 0.141. The van der Waals surface area contributed by atoms with Crippen LogP contribution in [0.5, 0.6) is 11.5 Å². The van der Waals surface area contributed by atoms with E-state index in [0.717, 1.165) is 12.1 Å². The van der Waals surface area contributed by atoms with Crippen molar-refractivity contribution in [3.63, 3.8) is 0 Å². The minimum absolute atomic E-state index is 0.141. The van der Waals surface area contributed by atoms with Gasteiger partial charge in [0, 0.05) is 6.54 Å². The Morgan fingerprint density at radius 1 is 0.955 bits per heavy atom. The lowest BCUT2D eigenvalue weighted by Gasteiger charge is -2.15. The van der Waals surface area contributed by atoms with Gasteiger partial charge in [0.25, 0.3) is 0 Å². The molecule has 0 aromatic heterocycles. The number of alkyl halides is 3. The van der Waals surface area contributed by atoms with E-state index in [4.69, 9.17) is 15.2 Å². The number of methoxy groups -OCH3 is 2. The highest BCUT2D eigenvalue weighted by Crippen LogP contribution is 2.37. The second-order valence-electron chi connectivity index (χ2n) is 4.64. The van der Waals surface area contributed by atoms with E-state index in [9.17, 15) is 13.2 Å². The molecule has 2 aromatic rings. The first-order valence-corrected chi connectivity index (χ1v) is 6.53. The number of hydrogen-bond acceptors (Lipinski definition) is 3. The highest BCUT2D eigenvalue weighted by molar-refractivity contribution is 5.71. The van der Waals surface area contributed by atoms with Crippen LogP contribution in [0.15, 0.2) is 36.4 Å². The molecule has 0 heterocycles. The van der Waals surface area contributed by atoms with Crippen molar-refractivity contribution in [1.82, 2.24) is 0 Å². The van der Waals surface area contributed by atoms with Crippen LogP contribution in [0, 0.1) is 0 Å². The number of hydrogen-bond donors (Lipinski definition) is 1. The third-order valence-corrected chi connectivity index (χ3v) is 3.35. The van der Waals surface area contributed by atoms with Crippen LogP contribution in [-0.2, 0) is 12.7 Å². The summed E-state index contributed by atoms with van der Waals surface area (Å²) in [6, 6.07) is 8.49. The molecular weight excluding hydrogens is 295 g/mol. The standard InChI is InChI=1S/C16H16F3NO2/c1-21-14-6-4-10(7-15(14)22-2)13-8-12(16(17,18)19)5-3-11(13)9-20/h3-8H,9,20H2,1-2H3. The molecule has 0 bridgehead atoms. The molecule has 0 unspecified atom stereocenters. The molecule has 3 nitrogen and oxygen atoms in total. The Kier molecular flexibility index (Phi) is 4.61. The van der Waals surface area contributed by atoms with E-state index in [1.807, 2.05) is 0 Å². The van der Waals surface area contributed by atoms with Gasteiger partial charge in [-0.15, -0.1) is 0 Å². The van der Waals surface area contributed by atoms with Gasteiger partial charge in [-0.3, -0.25) is 0 Å². The van der Waals surface area contributed by atoms with Crippen molar-refractivity contribution in [2.24, 2.45) is 5.73 Å². The van der Waals surface area contributed by atoms with Gasteiger partial charge in [0.15, 0.2) is 11.5 Å². The second kappa shape index (κ2) is 6.27. The Labute approximate surface area is 126 Å². The maximum absolute atomic E-state index is 12.9. The quantitative estimate of drug-likeness (QED) is 0.933. The zero-order chi connectivity index (χ0) is 16.3. The number of nitrogens with two attached hydrogens (primary N) is 1. The lowest BCUT2D eigenvalue weighted by atomic mass is 9.96. The van der Waals surface area contributed by atoms with Gasteiger partial charge in [-0.25, -0.2) is 0 Å². The summed E-state index contributed by atoms with van der Waals surface area (Å²) >= 11 is 0. The molecule has 0 radical (unpaired) electrons. The van der Waals surface area contributed by atoms with Crippen molar-refractivity contribution in [2.45, 2.75) is 12.7 Å². The topological polar surface area (TPSA) is 44.5 Å². The van der Waals surface area contributed by atoms with Crippen molar-refractivity contribution in [1.29, 1.82) is 0 Å². The molecule has 6 heteroatoms. The summed E-state index contributed by atoms with van der Waals surface area (Å²) in [5.74, 6) is 0.952. The first-order valence-electron chi connectivity index (χ1n) is 6.53. The fraction of sp³-hybridized carbons (Fsp3) is 0.250. The van der Waals surface area contributed by atoms with Crippen LogP contribution in [0.2, 0.25) is 0 Å². The minimum Gasteiger partial charge on any atom is -0.493 e. The zero-order valence-electron chi connectivity index (χ0n) is 12.2. The molecule has 2 N–H and O–H groups in total. The summed E-state index contributed by atoms with van der Waals surface area (Å²) < 4.78 is 49.0. The van der Waals surface area contributed by atoms with E-state index in [1.54, 1.807) is 18.2 Å². The molecule has 118 valence electrons. The Hall–Kier alpha value is -2.21. The van der Waals surface area contributed by atoms with Gasteiger partial charge in [-0.1, -0.05) is 12.1 Å². The molecule has 0 saturated carbocycles. The fourth-order valence-electron chi connectivity index (χ4n) is 2.20. The largest absolute Gasteiger partial charge is 0.493 e. The molecule has 2 aromatic carbocycles. The van der Waals surface area contributed by atoms with Gasteiger partial charge in [-0.05, 0) is 41.0 Å². The van der Waals surface area contributed by atoms with Crippen LogP contribution < -0.4 is 15.2 Å². The second-order valence-corrected chi connectivity index (χ2v) is 4.64. The summed E-state index contributed by atoms with van der Waals surface area (Å²) in [5.41, 5.74) is 6.56. The highest BCUT2D eigenvalue weighted by atomic mass is 19.4. The van der Waals surface area contributed by atoms with Gasteiger partial charge in [0.2, 0.25) is 0 Å². The number of rotatable bonds is 4. The van der Waals surface area contributed by atoms with Crippen LogP contribution in [-0.4, -0.2) is 14.2 Å². The summed E-state index contributed by atoms with van der Waals surface area (Å²) in [5, 5.41) is 0. The molecule has 2 rings (SSSR count). The normalized spacial score (nSPS) is 11.4. The molecule has 22 heavy (non-hydrogen) atoms. The Morgan fingerprint density at radius 3 is 2.18 bits per heavy atom. The van der Waals surface area contributed by atoms with Crippen LogP contribution >= 0.6 is 0 Å². The van der Waals surface area contributed by atoms with E-state index >= 15 is 0 Å². The van der Waals surface area contributed by atoms with Crippen molar-refractivity contribution in [3.05, 3.63) is 47.5 Å². The Balaban J connectivity index is 2.60. The predicted octanol–water partition coefficient (Wildman–Crippen LogP) is 3.85. The van der Waals surface area contributed by atoms with Crippen LogP contribution in [0.25, 0.3) is 11.1 Å². The maximum Gasteiger partial charge on any atom is 0.416 e. The number of halogens is 3. The van der Waals surface area contributed by atoms with E-state index in [1.165, 1.54) is 20.3 Å². The van der Waals surface area contributed by atoms with Crippen molar-refractivity contribution in [3.8, 4) is 22.6 Å². The monoisotopic (exact) mass is 311 g/mol. The predicted molar refractivity (Wildman–Crippen MR) is 77.9 cm³/mol. The third kappa shape index (κ3) is 3.17. The zero-order valence-corrected chi connectivity index (χ0v) is 12.2. The first kappa shape index (κ1) is 16.2. The van der Waals surface area contributed by atoms with Gasteiger partial charge in [0.05, 0.1) is 19.8 Å². The van der Waals surface area contributed by atoms with Gasteiger partial charge in [0.1, 0.15) is 0 Å². The fourth-order valence-corrected chi connectivity index (χ4v) is 2.20.